The van der Waals surface area contributed by atoms with Crippen LogP contribution in [0.15, 0.2) is 28.7 Å². The van der Waals surface area contributed by atoms with Gasteiger partial charge < -0.3 is 10.4 Å². The Kier molecular flexibility index (Phi) is 3.22. The predicted octanol–water partition coefficient (Wildman–Crippen LogP) is 2.76. The quantitative estimate of drug-likeness (QED) is 0.890. The Morgan fingerprint density at radius 2 is 1.90 bits per heavy atom. The molecule has 0 radical (unpaired) electrons. The maximum Gasteiger partial charge on any atom is 0.230 e. The maximum atomic E-state index is 12.6. The van der Waals surface area contributed by atoms with E-state index < -0.39 is 0 Å². The summed E-state index contributed by atoms with van der Waals surface area (Å²) in [7, 11) is 0. The van der Waals surface area contributed by atoms with E-state index >= 15 is 0 Å². The smallest absolute Gasteiger partial charge is 0.230 e. The topological polar surface area (TPSA) is 49.3 Å². The molecule has 20 heavy (non-hydrogen) atoms. The van der Waals surface area contributed by atoms with Gasteiger partial charge in [-0.05, 0) is 37.0 Å². The summed E-state index contributed by atoms with van der Waals surface area (Å²) in [6.07, 6.45) is 2.18. The number of carbonyl (C=O) groups excluding carboxylic acids is 1. The van der Waals surface area contributed by atoms with Crippen LogP contribution in [-0.4, -0.2) is 23.2 Å². The number of halogens is 1. The van der Waals surface area contributed by atoms with Crippen LogP contribution in [0.3, 0.4) is 0 Å². The van der Waals surface area contributed by atoms with Crippen molar-refractivity contribution in [3.05, 3.63) is 34.3 Å². The van der Waals surface area contributed by atoms with Gasteiger partial charge in [-0.3, -0.25) is 4.79 Å². The Bertz CT molecular complexity index is 534. The summed E-state index contributed by atoms with van der Waals surface area (Å²) >= 11 is 3.42. The summed E-state index contributed by atoms with van der Waals surface area (Å²) < 4.78 is 1.03. The minimum absolute atomic E-state index is 0.0814. The normalized spacial score (nSPS) is 29.4. The molecule has 2 unspecified atom stereocenters. The zero-order chi connectivity index (χ0) is 14.5. The fourth-order valence-corrected chi connectivity index (χ4v) is 3.25. The molecule has 3 nitrogen and oxygen atoms in total. The molecule has 2 fully saturated rings. The SMILES string of the molecule is CC1(C)C(O)CC1NC(=O)C1(c2ccc(Br)cc2)CC1. The fourth-order valence-electron chi connectivity index (χ4n) is 2.98. The zero-order valence-corrected chi connectivity index (χ0v) is 13.4. The molecule has 1 amide bonds. The van der Waals surface area contributed by atoms with E-state index in [4.69, 9.17) is 0 Å². The van der Waals surface area contributed by atoms with E-state index in [-0.39, 0.29) is 28.9 Å². The first-order valence-corrected chi connectivity index (χ1v) is 7.91. The van der Waals surface area contributed by atoms with E-state index in [1.807, 2.05) is 38.1 Å². The number of amides is 1. The van der Waals surface area contributed by atoms with Crippen molar-refractivity contribution in [1.82, 2.24) is 5.32 Å². The zero-order valence-electron chi connectivity index (χ0n) is 11.8. The molecule has 2 saturated carbocycles. The number of hydrogen-bond donors (Lipinski definition) is 2. The number of carbonyl (C=O) groups is 1. The molecule has 3 rings (SSSR count). The van der Waals surface area contributed by atoms with Crippen LogP contribution in [0.4, 0.5) is 0 Å². The number of benzene rings is 1. The van der Waals surface area contributed by atoms with Gasteiger partial charge >= 0.3 is 0 Å². The molecule has 0 aromatic heterocycles. The average molecular weight is 338 g/mol. The second-order valence-electron chi connectivity index (χ2n) is 6.69. The largest absolute Gasteiger partial charge is 0.392 e. The number of nitrogens with one attached hydrogen (secondary N) is 1. The van der Waals surface area contributed by atoms with Crippen molar-refractivity contribution in [2.75, 3.05) is 0 Å². The lowest BCUT2D eigenvalue weighted by Gasteiger charge is -2.49. The van der Waals surface area contributed by atoms with Gasteiger partial charge in [0.1, 0.15) is 0 Å². The standard InChI is InChI=1S/C16H20BrNO2/c1-15(2)12(9-13(15)19)18-14(20)16(7-8-16)10-3-5-11(17)6-4-10/h3-6,12-13,19H,7-9H2,1-2H3,(H,18,20). The van der Waals surface area contributed by atoms with E-state index in [9.17, 15) is 9.90 Å². The molecule has 2 aliphatic rings. The molecule has 0 spiro atoms. The van der Waals surface area contributed by atoms with Gasteiger partial charge in [0, 0.05) is 15.9 Å². The molecule has 2 aliphatic carbocycles. The van der Waals surface area contributed by atoms with E-state index in [1.165, 1.54) is 0 Å². The van der Waals surface area contributed by atoms with E-state index in [0.717, 1.165) is 22.9 Å². The van der Waals surface area contributed by atoms with Crippen LogP contribution in [0.1, 0.15) is 38.7 Å². The van der Waals surface area contributed by atoms with E-state index in [0.29, 0.717) is 6.42 Å². The molecule has 0 aliphatic heterocycles. The molecule has 1 aromatic carbocycles. The van der Waals surface area contributed by atoms with Gasteiger partial charge in [-0.1, -0.05) is 41.9 Å². The highest BCUT2D eigenvalue weighted by Gasteiger charge is 2.55. The molecule has 0 saturated heterocycles. The van der Waals surface area contributed by atoms with Gasteiger partial charge in [-0.2, -0.15) is 0 Å². The maximum absolute atomic E-state index is 12.6. The van der Waals surface area contributed by atoms with Crippen molar-refractivity contribution in [2.24, 2.45) is 5.41 Å². The molecular formula is C16H20BrNO2. The highest BCUT2D eigenvalue weighted by Crippen LogP contribution is 2.50. The van der Waals surface area contributed by atoms with Gasteiger partial charge in [0.15, 0.2) is 0 Å². The van der Waals surface area contributed by atoms with Crippen LogP contribution in [0.25, 0.3) is 0 Å². The van der Waals surface area contributed by atoms with Gasteiger partial charge in [0.2, 0.25) is 5.91 Å². The summed E-state index contributed by atoms with van der Waals surface area (Å²) in [6, 6.07) is 8.10. The van der Waals surface area contributed by atoms with Crippen molar-refractivity contribution in [1.29, 1.82) is 0 Å². The third-order valence-electron chi connectivity index (χ3n) is 5.10. The summed E-state index contributed by atoms with van der Waals surface area (Å²) in [5, 5.41) is 12.9. The summed E-state index contributed by atoms with van der Waals surface area (Å²) in [5.41, 5.74) is 0.541. The monoisotopic (exact) mass is 337 g/mol. The van der Waals surface area contributed by atoms with Crippen LogP contribution in [0, 0.1) is 5.41 Å². The fraction of sp³-hybridized carbons (Fsp3) is 0.562. The van der Waals surface area contributed by atoms with Crippen molar-refractivity contribution in [3.63, 3.8) is 0 Å². The molecule has 2 atom stereocenters. The third-order valence-corrected chi connectivity index (χ3v) is 5.63. The van der Waals surface area contributed by atoms with Gasteiger partial charge in [0.05, 0.1) is 11.5 Å². The molecule has 0 heterocycles. The molecular weight excluding hydrogens is 318 g/mol. The first kappa shape index (κ1) is 14.1. The Labute approximate surface area is 127 Å². The first-order valence-electron chi connectivity index (χ1n) is 7.11. The van der Waals surface area contributed by atoms with Crippen molar-refractivity contribution < 1.29 is 9.90 Å². The number of aliphatic hydroxyl groups is 1. The summed E-state index contributed by atoms with van der Waals surface area (Å²) in [4.78, 5) is 12.6. The van der Waals surface area contributed by atoms with Crippen LogP contribution < -0.4 is 5.32 Å². The predicted molar refractivity (Wildman–Crippen MR) is 81.4 cm³/mol. The second kappa shape index (κ2) is 4.57. The van der Waals surface area contributed by atoms with Crippen LogP contribution in [-0.2, 0) is 10.2 Å². The lowest BCUT2D eigenvalue weighted by Crippen LogP contribution is -2.62. The number of rotatable bonds is 3. The number of hydrogen-bond acceptors (Lipinski definition) is 2. The highest BCUT2D eigenvalue weighted by atomic mass is 79.9. The lowest BCUT2D eigenvalue weighted by atomic mass is 9.64. The molecule has 4 heteroatoms. The van der Waals surface area contributed by atoms with Crippen LogP contribution in [0.2, 0.25) is 0 Å². The highest BCUT2D eigenvalue weighted by molar-refractivity contribution is 9.10. The van der Waals surface area contributed by atoms with Gasteiger partial charge in [-0.25, -0.2) is 0 Å². The van der Waals surface area contributed by atoms with Gasteiger partial charge in [0.25, 0.3) is 0 Å². The second-order valence-corrected chi connectivity index (χ2v) is 7.60. The summed E-state index contributed by atoms with van der Waals surface area (Å²) in [5.74, 6) is 0.116. The Balaban J connectivity index is 1.73. The van der Waals surface area contributed by atoms with Crippen molar-refractivity contribution in [2.45, 2.75) is 50.7 Å². The minimum atomic E-state index is -0.336. The molecule has 2 N–H and O–H groups in total. The molecule has 1 aromatic rings. The van der Waals surface area contributed by atoms with Crippen LogP contribution >= 0.6 is 15.9 Å². The van der Waals surface area contributed by atoms with Crippen molar-refractivity contribution in [3.8, 4) is 0 Å². The van der Waals surface area contributed by atoms with Crippen molar-refractivity contribution >= 4 is 21.8 Å². The Morgan fingerprint density at radius 1 is 1.30 bits per heavy atom. The first-order chi connectivity index (χ1) is 9.36. The van der Waals surface area contributed by atoms with E-state index in [1.54, 1.807) is 0 Å². The average Bonchev–Trinajstić information content (AvgIpc) is 3.20. The van der Waals surface area contributed by atoms with Gasteiger partial charge in [-0.15, -0.1) is 0 Å². The summed E-state index contributed by atoms with van der Waals surface area (Å²) in [6.45, 7) is 4.01. The molecule has 0 bridgehead atoms. The minimum Gasteiger partial charge on any atom is -0.392 e. The Morgan fingerprint density at radius 3 is 2.35 bits per heavy atom. The Hall–Kier alpha value is -0.870. The lowest BCUT2D eigenvalue weighted by molar-refractivity contribution is -0.131. The molecule has 108 valence electrons. The number of aliphatic hydroxyl groups excluding tert-OH is 1. The van der Waals surface area contributed by atoms with E-state index in [2.05, 4.69) is 21.2 Å². The van der Waals surface area contributed by atoms with Crippen LogP contribution in [0.5, 0.6) is 0 Å². The third kappa shape index (κ3) is 2.09.